The van der Waals surface area contributed by atoms with Crippen molar-refractivity contribution in [3.05, 3.63) is 59.7 Å². The molecule has 0 amide bonds. The molecular weight excluding hydrogens is 408 g/mol. The first-order valence-corrected chi connectivity index (χ1v) is 12.7. The number of nitrogens with zero attached hydrogens (tertiary/aromatic N) is 6. The third-order valence-corrected chi connectivity index (χ3v) is 7.69. The SMILES string of the molecule is CCN1C(c2cn3c(N4CCN(C(C)C)CC4)cccc3n2)CCCC1c1ncccc1C. The fourth-order valence-electron chi connectivity index (χ4n) is 5.85. The van der Waals surface area contributed by atoms with E-state index in [-0.39, 0.29) is 0 Å². The van der Waals surface area contributed by atoms with Gasteiger partial charge in [-0.05, 0) is 70.3 Å². The highest BCUT2D eigenvalue weighted by atomic mass is 15.3. The van der Waals surface area contributed by atoms with Gasteiger partial charge >= 0.3 is 0 Å². The molecule has 2 aliphatic heterocycles. The number of pyridine rings is 2. The Labute approximate surface area is 198 Å². The van der Waals surface area contributed by atoms with Crippen molar-refractivity contribution in [1.82, 2.24) is 24.2 Å². The first-order chi connectivity index (χ1) is 16.1. The molecule has 176 valence electrons. The van der Waals surface area contributed by atoms with Crippen LogP contribution in [0.25, 0.3) is 5.65 Å². The number of rotatable bonds is 5. The summed E-state index contributed by atoms with van der Waals surface area (Å²) in [6, 6.07) is 12.1. The predicted octanol–water partition coefficient (Wildman–Crippen LogP) is 4.86. The molecule has 0 bridgehead atoms. The lowest BCUT2D eigenvalue weighted by molar-refractivity contribution is 0.0834. The van der Waals surface area contributed by atoms with Crippen LogP contribution < -0.4 is 4.90 Å². The van der Waals surface area contributed by atoms with Crippen molar-refractivity contribution in [3.8, 4) is 0 Å². The van der Waals surface area contributed by atoms with Crippen LogP contribution in [0.5, 0.6) is 0 Å². The van der Waals surface area contributed by atoms with Gasteiger partial charge in [-0.2, -0.15) is 0 Å². The molecule has 33 heavy (non-hydrogen) atoms. The van der Waals surface area contributed by atoms with Crippen LogP contribution in [0, 0.1) is 6.92 Å². The highest BCUT2D eigenvalue weighted by Crippen LogP contribution is 2.41. The number of fused-ring (bicyclic) bond motifs is 1. The van der Waals surface area contributed by atoms with Crippen LogP contribution in [-0.4, -0.2) is 62.9 Å². The van der Waals surface area contributed by atoms with Gasteiger partial charge in [0.2, 0.25) is 0 Å². The Bertz CT molecular complexity index is 1080. The van der Waals surface area contributed by atoms with Gasteiger partial charge in [0.1, 0.15) is 11.5 Å². The summed E-state index contributed by atoms with van der Waals surface area (Å²) in [5.41, 5.74) is 4.78. The van der Waals surface area contributed by atoms with Crippen LogP contribution in [-0.2, 0) is 0 Å². The molecule has 2 unspecified atom stereocenters. The number of hydrogen-bond donors (Lipinski definition) is 0. The molecule has 5 rings (SSSR count). The van der Waals surface area contributed by atoms with Gasteiger partial charge in [-0.1, -0.05) is 19.1 Å². The molecule has 0 saturated carbocycles. The summed E-state index contributed by atoms with van der Waals surface area (Å²) in [4.78, 5) is 17.7. The molecule has 2 saturated heterocycles. The molecule has 2 fully saturated rings. The molecule has 3 aromatic rings. The van der Waals surface area contributed by atoms with E-state index < -0.39 is 0 Å². The van der Waals surface area contributed by atoms with E-state index in [2.05, 4.69) is 77.3 Å². The van der Waals surface area contributed by atoms with E-state index in [1.807, 2.05) is 12.3 Å². The van der Waals surface area contributed by atoms with Crippen molar-refractivity contribution < 1.29 is 0 Å². The molecule has 0 aromatic carbocycles. The van der Waals surface area contributed by atoms with Gasteiger partial charge in [0, 0.05) is 44.6 Å². The Morgan fingerprint density at radius 2 is 1.79 bits per heavy atom. The summed E-state index contributed by atoms with van der Waals surface area (Å²) >= 11 is 0. The largest absolute Gasteiger partial charge is 0.355 e. The molecule has 0 N–H and O–H groups in total. The molecule has 2 aliphatic rings. The molecule has 0 radical (unpaired) electrons. The van der Waals surface area contributed by atoms with E-state index in [1.165, 1.54) is 35.6 Å². The Balaban J connectivity index is 1.44. The highest BCUT2D eigenvalue weighted by molar-refractivity contribution is 5.53. The van der Waals surface area contributed by atoms with Gasteiger partial charge < -0.3 is 4.90 Å². The van der Waals surface area contributed by atoms with Crippen molar-refractivity contribution in [3.63, 3.8) is 0 Å². The van der Waals surface area contributed by atoms with Gasteiger partial charge in [0.05, 0.1) is 23.5 Å². The molecule has 3 aromatic heterocycles. The Hall–Kier alpha value is -2.44. The fraction of sp³-hybridized carbons (Fsp3) is 0.556. The average molecular weight is 447 g/mol. The molecule has 5 heterocycles. The Morgan fingerprint density at radius 1 is 1.00 bits per heavy atom. The van der Waals surface area contributed by atoms with Gasteiger partial charge in [0.15, 0.2) is 0 Å². The number of piperidine rings is 1. The highest BCUT2D eigenvalue weighted by Gasteiger charge is 2.34. The lowest BCUT2D eigenvalue weighted by atomic mass is 9.90. The van der Waals surface area contributed by atoms with Crippen LogP contribution in [0.1, 0.15) is 69.1 Å². The summed E-state index contributed by atoms with van der Waals surface area (Å²) in [5.74, 6) is 1.27. The number of aromatic nitrogens is 3. The monoisotopic (exact) mass is 446 g/mol. The fourth-order valence-corrected chi connectivity index (χ4v) is 5.85. The van der Waals surface area contributed by atoms with E-state index in [4.69, 9.17) is 9.97 Å². The second-order valence-electron chi connectivity index (χ2n) is 9.89. The third kappa shape index (κ3) is 4.26. The molecule has 6 nitrogen and oxygen atoms in total. The van der Waals surface area contributed by atoms with Crippen LogP contribution in [0.15, 0.2) is 42.7 Å². The first kappa shape index (κ1) is 22.4. The van der Waals surface area contributed by atoms with Crippen molar-refractivity contribution >= 4 is 11.5 Å². The number of likely N-dealkylation sites (tertiary alicyclic amines) is 1. The van der Waals surface area contributed by atoms with Gasteiger partial charge in [-0.3, -0.25) is 19.2 Å². The molecule has 0 spiro atoms. The minimum Gasteiger partial charge on any atom is -0.355 e. The van der Waals surface area contributed by atoms with Crippen LogP contribution >= 0.6 is 0 Å². The summed E-state index contributed by atoms with van der Waals surface area (Å²) in [6.45, 7) is 14.4. The van der Waals surface area contributed by atoms with E-state index in [1.54, 1.807) is 0 Å². The first-order valence-electron chi connectivity index (χ1n) is 12.7. The van der Waals surface area contributed by atoms with Gasteiger partial charge in [-0.15, -0.1) is 0 Å². The summed E-state index contributed by atoms with van der Waals surface area (Å²) in [6.07, 6.45) is 7.78. The van der Waals surface area contributed by atoms with Crippen molar-refractivity contribution in [2.45, 2.75) is 65.1 Å². The van der Waals surface area contributed by atoms with E-state index in [9.17, 15) is 0 Å². The number of piperazine rings is 1. The number of hydrogen-bond acceptors (Lipinski definition) is 5. The van der Waals surface area contributed by atoms with Crippen molar-refractivity contribution in [1.29, 1.82) is 0 Å². The standard InChI is InChI=1S/C27H38N6/c1-5-32-23(10-6-11-24(32)27-21(4)9-8-14-28-27)22-19-33-25(29-22)12-7-13-26(33)31-17-15-30(16-18-31)20(2)3/h7-9,12-14,19-20,23-24H,5-6,10-11,15-18H2,1-4H3. The smallest absolute Gasteiger partial charge is 0.138 e. The lowest BCUT2D eigenvalue weighted by Gasteiger charge is -2.41. The van der Waals surface area contributed by atoms with Crippen molar-refractivity contribution in [2.75, 3.05) is 37.6 Å². The molecule has 0 aliphatic carbocycles. The van der Waals surface area contributed by atoms with Crippen molar-refractivity contribution in [2.24, 2.45) is 0 Å². The van der Waals surface area contributed by atoms with E-state index >= 15 is 0 Å². The van der Waals surface area contributed by atoms with Gasteiger partial charge in [-0.25, -0.2) is 4.98 Å². The zero-order valence-electron chi connectivity index (χ0n) is 20.6. The number of imidazole rings is 1. The maximum Gasteiger partial charge on any atom is 0.138 e. The van der Waals surface area contributed by atoms with Crippen LogP contribution in [0.2, 0.25) is 0 Å². The van der Waals surface area contributed by atoms with Crippen LogP contribution in [0.4, 0.5) is 5.82 Å². The average Bonchev–Trinajstić information content (AvgIpc) is 3.28. The second kappa shape index (κ2) is 9.43. The van der Waals surface area contributed by atoms with Crippen LogP contribution in [0.3, 0.4) is 0 Å². The maximum atomic E-state index is 5.15. The number of anilines is 1. The molecule has 6 heteroatoms. The molecule has 2 atom stereocenters. The minimum absolute atomic E-state index is 0.334. The number of aryl methyl sites for hydroxylation is 1. The lowest BCUT2D eigenvalue weighted by Crippen LogP contribution is -2.49. The minimum atomic E-state index is 0.334. The van der Waals surface area contributed by atoms with Gasteiger partial charge in [0.25, 0.3) is 0 Å². The second-order valence-corrected chi connectivity index (χ2v) is 9.89. The predicted molar refractivity (Wildman–Crippen MR) is 135 cm³/mol. The zero-order valence-corrected chi connectivity index (χ0v) is 20.6. The Morgan fingerprint density at radius 3 is 2.52 bits per heavy atom. The van der Waals surface area contributed by atoms with E-state index in [0.717, 1.165) is 44.8 Å². The Kier molecular flexibility index (Phi) is 6.39. The zero-order chi connectivity index (χ0) is 22.9. The quantitative estimate of drug-likeness (QED) is 0.560. The summed E-state index contributed by atoms with van der Waals surface area (Å²) < 4.78 is 2.32. The normalized spacial score (nSPS) is 23.0. The summed E-state index contributed by atoms with van der Waals surface area (Å²) in [5, 5.41) is 0. The maximum absolute atomic E-state index is 5.15. The third-order valence-electron chi connectivity index (χ3n) is 7.69. The molecular formula is C27H38N6. The topological polar surface area (TPSA) is 39.9 Å². The van der Waals surface area contributed by atoms with E-state index in [0.29, 0.717) is 18.1 Å². The summed E-state index contributed by atoms with van der Waals surface area (Å²) in [7, 11) is 0.